The predicted molar refractivity (Wildman–Crippen MR) is 149 cm³/mol. The lowest BCUT2D eigenvalue weighted by Crippen LogP contribution is -2.39. The number of rotatable bonds is 5. The summed E-state index contributed by atoms with van der Waals surface area (Å²) < 4.78 is 6.80. The number of fused-ring (bicyclic) bond motifs is 1. The maximum atomic E-state index is 13.8. The van der Waals surface area contributed by atoms with Gasteiger partial charge >= 0.3 is 12.1 Å². The minimum atomic E-state index is -0.688. The average molecular weight is 540 g/mol. The van der Waals surface area contributed by atoms with E-state index < -0.39 is 23.3 Å². The standard InChI is InChI=1S/C28H34ClN5O4/c1-17(30-27(37)38-28(2,3)4)24-33-22-15-9-14-21(29)23(22)25(35)34(24)20-13-8-12-19(16-20)32-26(36)31-18-10-6-5-7-11-18/h8-9,12-18H,5-7,10-11H2,1-4H3,(H,30,37)(H2,31,32,36)/t17-/m0/s1. The number of halogens is 1. The number of hydrogen-bond acceptors (Lipinski definition) is 5. The summed E-state index contributed by atoms with van der Waals surface area (Å²) in [4.78, 5) is 43.6. The highest BCUT2D eigenvalue weighted by molar-refractivity contribution is 6.35. The Morgan fingerprint density at radius 2 is 1.82 bits per heavy atom. The molecule has 38 heavy (non-hydrogen) atoms. The van der Waals surface area contributed by atoms with Crippen LogP contribution in [0.15, 0.2) is 47.3 Å². The first-order chi connectivity index (χ1) is 18.0. The van der Waals surface area contributed by atoms with Gasteiger partial charge in [0, 0.05) is 11.7 Å². The SMILES string of the molecule is C[C@H](NC(=O)OC(C)(C)C)c1nc2cccc(Cl)c2c(=O)n1-c1cccc(NC(=O)NC2CCCCC2)c1. The van der Waals surface area contributed by atoms with E-state index in [0.29, 0.717) is 22.7 Å². The topological polar surface area (TPSA) is 114 Å². The molecule has 1 fully saturated rings. The molecular weight excluding hydrogens is 506 g/mol. The minimum Gasteiger partial charge on any atom is -0.444 e. The van der Waals surface area contributed by atoms with Crippen LogP contribution in [0.5, 0.6) is 0 Å². The number of amides is 3. The summed E-state index contributed by atoms with van der Waals surface area (Å²) in [6, 6.07) is 11.1. The van der Waals surface area contributed by atoms with E-state index in [1.54, 1.807) is 70.2 Å². The van der Waals surface area contributed by atoms with Gasteiger partial charge in [0.2, 0.25) is 0 Å². The third-order valence-electron chi connectivity index (χ3n) is 6.30. The van der Waals surface area contributed by atoms with E-state index in [0.717, 1.165) is 25.7 Å². The van der Waals surface area contributed by atoms with Gasteiger partial charge < -0.3 is 20.7 Å². The zero-order valence-corrected chi connectivity index (χ0v) is 22.9. The zero-order chi connectivity index (χ0) is 27.4. The fraction of sp³-hybridized carbons (Fsp3) is 0.429. The van der Waals surface area contributed by atoms with Gasteiger partial charge in [0.15, 0.2) is 0 Å². The molecular formula is C28H34ClN5O4. The van der Waals surface area contributed by atoms with E-state index in [1.807, 2.05) is 0 Å². The maximum absolute atomic E-state index is 13.8. The van der Waals surface area contributed by atoms with Crippen LogP contribution in [0.4, 0.5) is 15.3 Å². The highest BCUT2D eigenvalue weighted by Gasteiger charge is 2.24. The molecule has 1 heterocycles. The van der Waals surface area contributed by atoms with Gasteiger partial charge in [-0.15, -0.1) is 0 Å². The molecule has 3 N–H and O–H groups in total. The van der Waals surface area contributed by atoms with E-state index in [4.69, 9.17) is 21.3 Å². The van der Waals surface area contributed by atoms with Crippen LogP contribution in [0.3, 0.4) is 0 Å². The highest BCUT2D eigenvalue weighted by atomic mass is 35.5. The van der Waals surface area contributed by atoms with Crippen molar-refractivity contribution in [2.24, 2.45) is 0 Å². The fourth-order valence-electron chi connectivity index (χ4n) is 4.62. The molecule has 9 nitrogen and oxygen atoms in total. The molecule has 2 aromatic carbocycles. The van der Waals surface area contributed by atoms with Gasteiger partial charge in [-0.3, -0.25) is 9.36 Å². The second-order valence-electron chi connectivity index (χ2n) is 10.6. The first kappa shape index (κ1) is 27.4. The number of benzene rings is 2. The molecule has 1 atom stereocenters. The Kier molecular flexibility index (Phi) is 8.26. The van der Waals surface area contributed by atoms with E-state index >= 15 is 0 Å². The average Bonchev–Trinajstić information content (AvgIpc) is 2.83. The molecule has 0 radical (unpaired) electrons. The number of nitrogens with one attached hydrogen (secondary N) is 3. The maximum Gasteiger partial charge on any atom is 0.408 e. The van der Waals surface area contributed by atoms with Gasteiger partial charge in [0.1, 0.15) is 11.4 Å². The molecule has 202 valence electrons. The van der Waals surface area contributed by atoms with Gasteiger partial charge in [0.25, 0.3) is 5.56 Å². The fourth-order valence-corrected chi connectivity index (χ4v) is 4.87. The van der Waals surface area contributed by atoms with Crippen LogP contribution in [0.2, 0.25) is 5.02 Å². The van der Waals surface area contributed by atoms with Crippen molar-refractivity contribution in [1.82, 2.24) is 20.2 Å². The van der Waals surface area contributed by atoms with E-state index in [2.05, 4.69) is 16.0 Å². The lowest BCUT2D eigenvalue weighted by Gasteiger charge is -2.24. The Hall–Kier alpha value is -3.59. The van der Waals surface area contributed by atoms with Crippen LogP contribution >= 0.6 is 11.6 Å². The van der Waals surface area contributed by atoms with Crippen LogP contribution in [0.25, 0.3) is 16.6 Å². The number of hydrogen-bond donors (Lipinski definition) is 3. The number of nitrogens with zero attached hydrogens (tertiary/aromatic N) is 2. The van der Waals surface area contributed by atoms with Crippen LogP contribution in [0, 0.1) is 0 Å². The summed E-state index contributed by atoms with van der Waals surface area (Å²) >= 11 is 6.39. The van der Waals surface area contributed by atoms with Crippen molar-refractivity contribution in [2.75, 3.05) is 5.32 Å². The molecule has 10 heteroatoms. The monoisotopic (exact) mass is 539 g/mol. The van der Waals surface area contributed by atoms with Gasteiger partial charge in [-0.25, -0.2) is 14.6 Å². The van der Waals surface area contributed by atoms with Gasteiger partial charge in [-0.1, -0.05) is 43.0 Å². The van der Waals surface area contributed by atoms with Crippen molar-refractivity contribution in [3.05, 3.63) is 63.7 Å². The van der Waals surface area contributed by atoms with E-state index in [-0.39, 0.29) is 22.5 Å². The zero-order valence-electron chi connectivity index (χ0n) is 22.1. The second-order valence-corrected chi connectivity index (χ2v) is 11.0. The molecule has 1 aromatic heterocycles. The molecule has 0 bridgehead atoms. The first-order valence-corrected chi connectivity index (χ1v) is 13.3. The van der Waals surface area contributed by atoms with Crippen LogP contribution in [-0.4, -0.2) is 33.3 Å². The quantitative estimate of drug-likeness (QED) is 0.363. The molecule has 0 aliphatic heterocycles. The highest BCUT2D eigenvalue weighted by Crippen LogP contribution is 2.24. The van der Waals surface area contributed by atoms with Crippen molar-refractivity contribution in [3.63, 3.8) is 0 Å². The second kappa shape index (κ2) is 11.4. The molecule has 4 rings (SSSR count). The molecule has 0 unspecified atom stereocenters. The number of alkyl carbamates (subject to hydrolysis) is 1. The number of carbonyl (C=O) groups is 2. The number of urea groups is 1. The first-order valence-electron chi connectivity index (χ1n) is 12.9. The van der Waals surface area contributed by atoms with E-state index in [9.17, 15) is 14.4 Å². The molecule has 3 amide bonds. The van der Waals surface area contributed by atoms with Crippen molar-refractivity contribution >= 4 is 40.3 Å². The Morgan fingerprint density at radius 3 is 2.53 bits per heavy atom. The summed E-state index contributed by atoms with van der Waals surface area (Å²) in [6.45, 7) is 7.03. The summed E-state index contributed by atoms with van der Waals surface area (Å²) in [5.41, 5.74) is 0.310. The predicted octanol–water partition coefficient (Wildman–Crippen LogP) is 6.08. The van der Waals surface area contributed by atoms with Gasteiger partial charge in [0.05, 0.1) is 27.7 Å². The van der Waals surface area contributed by atoms with Crippen molar-refractivity contribution < 1.29 is 14.3 Å². The summed E-state index contributed by atoms with van der Waals surface area (Å²) in [6.07, 6.45) is 4.73. The number of carbonyl (C=O) groups excluding carboxylic acids is 2. The number of ether oxygens (including phenoxy) is 1. The normalized spacial score (nSPS) is 15.1. The molecule has 1 aliphatic carbocycles. The van der Waals surface area contributed by atoms with Crippen molar-refractivity contribution in [2.45, 2.75) is 77.5 Å². The van der Waals surface area contributed by atoms with Crippen LogP contribution in [0.1, 0.15) is 71.7 Å². The lowest BCUT2D eigenvalue weighted by atomic mass is 9.96. The Balaban J connectivity index is 1.70. The lowest BCUT2D eigenvalue weighted by molar-refractivity contribution is 0.0505. The Bertz CT molecular complexity index is 1390. The summed E-state index contributed by atoms with van der Waals surface area (Å²) in [5, 5.41) is 9.20. The molecule has 1 saturated carbocycles. The van der Waals surface area contributed by atoms with Gasteiger partial charge in [-0.2, -0.15) is 0 Å². The van der Waals surface area contributed by atoms with Crippen LogP contribution < -0.4 is 21.5 Å². The Labute approximate surface area is 226 Å². The van der Waals surface area contributed by atoms with Crippen molar-refractivity contribution in [1.29, 1.82) is 0 Å². The Morgan fingerprint density at radius 1 is 1.11 bits per heavy atom. The molecule has 0 saturated heterocycles. The summed E-state index contributed by atoms with van der Waals surface area (Å²) in [5.74, 6) is 0.291. The largest absolute Gasteiger partial charge is 0.444 e. The minimum absolute atomic E-state index is 0.160. The van der Waals surface area contributed by atoms with Gasteiger partial charge in [-0.05, 0) is 70.9 Å². The smallest absolute Gasteiger partial charge is 0.408 e. The summed E-state index contributed by atoms with van der Waals surface area (Å²) in [7, 11) is 0. The molecule has 3 aromatic rings. The van der Waals surface area contributed by atoms with Crippen molar-refractivity contribution in [3.8, 4) is 5.69 Å². The molecule has 1 aliphatic rings. The molecule has 0 spiro atoms. The van der Waals surface area contributed by atoms with Crippen LogP contribution in [-0.2, 0) is 4.74 Å². The third kappa shape index (κ3) is 6.64. The number of anilines is 1. The van der Waals surface area contributed by atoms with E-state index in [1.165, 1.54) is 11.0 Å². The number of aromatic nitrogens is 2. The third-order valence-corrected chi connectivity index (χ3v) is 6.61.